The lowest BCUT2D eigenvalue weighted by molar-refractivity contribution is 0.415. The number of hydrogen-bond donors (Lipinski definition) is 1. The standard InChI is InChI=1S/C14H13Cl2N3O/c1-9(10-3-5-12(20-2)6-4-10)18-19-14-13(16)7-11(15)8-17-14/h3-8H,1-2H3,(H,17,19). The molecule has 0 spiro atoms. The summed E-state index contributed by atoms with van der Waals surface area (Å²) in [6.45, 7) is 1.89. The molecule has 0 amide bonds. The minimum Gasteiger partial charge on any atom is -0.497 e. The van der Waals surface area contributed by atoms with Crippen molar-refractivity contribution in [2.45, 2.75) is 6.92 Å². The molecular formula is C14H13Cl2N3O. The van der Waals surface area contributed by atoms with Gasteiger partial charge in [0.05, 0.1) is 22.9 Å². The zero-order chi connectivity index (χ0) is 14.5. The van der Waals surface area contributed by atoms with Crippen LogP contribution in [-0.4, -0.2) is 17.8 Å². The first-order valence-corrected chi connectivity index (χ1v) is 6.61. The van der Waals surface area contributed by atoms with Gasteiger partial charge in [0, 0.05) is 6.20 Å². The Morgan fingerprint density at radius 2 is 1.95 bits per heavy atom. The average molecular weight is 310 g/mol. The van der Waals surface area contributed by atoms with Gasteiger partial charge in [0.25, 0.3) is 0 Å². The Morgan fingerprint density at radius 1 is 1.25 bits per heavy atom. The topological polar surface area (TPSA) is 46.5 Å². The fourth-order valence-corrected chi connectivity index (χ4v) is 1.95. The third kappa shape index (κ3) is 3.62. The van der Waals surface area contributed by atoms with Gasteiger partial charge in [0.1, 0.15) is 5.75 Å². The Hall–Kier alpha value is -1.78. The lowest BCUT2D eigenvalue weighted by Crippen LogP contribution is -2.01. The molecule has 0 atom stereocenters. The van der Waals surface area contributed by atoms with E-state index in [1.165, 1.54) is 6.20 Å². The number of benzene rings is 1. The number of aromatic nitrogens is 1. The van der Waals surface area contributed by atoms with E-state index < -0.39 is 0 Å². The molecule has 104 valence electrons. The van der Waals surface area contributed by atoms with Crippen LogP contribution in [0.1, 0.15) is 12.5 Å². The number of rotatable bonds is 4. The van der Waals surface area contributed by atoms with Crippen LogP contribution in [0.25, 0.3) is 0 Å². The summed E-state index contributed by atoms with van der Waals surface area (Å²) in [5.41, 5.74) is 4.60. The van der Waals surface area contributed by atoms with Gasteiger partial charge in [0.15, 0.2) is 5.82 Å². The van der Waals surface area contributed by atoms with Gasteiger partial charge in [-0.25, -0.2) is 4.98 Å². The SMILES string of the molecule is COc1ccc(C(C)=NNc2ncc(Cl)cc2Cl)cc1. The highest BCUT2D eigenvalue weighted by atomic mass is 35.5. The highest BCUT2D eigenvalue weighted by molar-refractivity contribution is 6.35. The Bertz CT molecular complexity index is 627. The van der Waals surface area contributed by atoms with E-state index in [2.05, 4.69) is 15.5 Å². The van der Waals surface area contributed by atoms with E-state index in [-0.39, 0.29) is 0 Å². The van der Waals surface area contributed by atoms with E-state index in [0.717, 1.165) is 17.0 Å². The highest BCUT2D eigenvalue weighted by Crippen LogP contribution is 2.22. The van der Waals surface area contributed by atoms with Crippen LogP contribution in [0, 0.1) is 0 Å². The number of hydrazone groups is 1. The first-order valence-electron chi connectivity index (χ1n) is 5.86. The van der Waals surface area contributed by atoms with E-state index in [1.807, 2.05) is 31.2 Å². The maximum Gasteiger partial charge on any atom is 0.165 e. The van der Waals surface area contributed by atoms with Gasteiger partial charge < -0.3 is 4.74 Å². The first-order chi connectivity index (χ1) is 9.60. The molecule has 1 N–H and O–H groups in total. The number of nitrogens with one attached hydrogen (secondary N) is 1. The van der Waals surface area contributed by atoms with Crippen molar-refractivity contribution in [2.24, 2.45) is 5.10 Å². The second-order valence-electron chi connectivity index (χ2n) is 4.02. The lowest BCUT2D eigenvalue weighted by atomic mass is 10.1. The molecule has 20 heavy (non-hydrogen) atoms. The Kier molecular flexibility index (Phi) is 4.82. The molecule has 1 aromatic heterocycles. The van der Waals surface area contributed by atoms with Crippen molar-refractivity contribution in [3.05, 3.63) is 52.1 Å². The van der Waals surface area contributed by atoms with E-state index in [1.54, 1.807) is 13.2 Å². The smallest absolute Gasteiger partial charge is 0.165 e. The van der Waals surface area contributed by atoms with Crippen LogP contribution in [0.15, 0.2) is 41.6 Å². The number of pyridine rings is 1. The predicted molar refractivity (Wildman–Crippen MR) is 83.1 cm³/mol. The van der Waals surface area contributed by atoms with Crippen LogP contribution >= 0.6 is 23.2 Å². The summed E-state index contributed by atoms with van der Waals surface area (Å²) >= 11 is 11.8. The fourth-order valence-electron chi connectivity index (χ4n) is 1.53. The van der Waals surface area contributed by atoms with Crippen LogP contribution < -0.4 is 10.2 Å². The third-order valence-corrected chi connectivity index (χ3v) is 3.14. The molecule has 0 unspecified atom stereocenters. The summed E-state index contributed by atoms with van der Waals surface area (Å²) in [4.78, 5) is 4.07. The molecular weight excluding hydrogens is 297 g/mol. The molecule has 1 aromatic carbocycles. The molecule has 6 heteroatoms. The van der Waals surface area contributed by atoms with E-state index in [9.17, 15) is 0 Å². The van der Waals surface area contributed by atoms with E-state index in [0.29, 0.717) is 15.9 Å². The highest BCUT2D eigenvalue weighted by Gasteiger charge is 2.03. The number of anilines is 1. The Morgan fingerprint density at radius 3 is 2.55 bits per heavy atom. The van der Waals surface area contributed by atoms with E-state index in [4.69, 9.17) is 27.9 Å². The molecule has 1 heterocycles. The van der Waals surface area contributed by atoms with Gasteiger partial charge in [-0.15, -0.1) is 0 Å². The zero-order valence-corrected chi connectivity index (χ0v) is 12.5. The summed E-state index contributed by atoms with van der Waals surface area (Å²) in [7, 11) is 1.63. The van der Waals surface area contributed by atoms with Crippen molar-refractivity contribution < 1.29 is 4.74 Å². The number of nitrogens with zero attached hydrogens (tertiary/aromatic N) is 2. The molecule has 4 nitrogen and oxygen atoms in total. The zero-order valence-electron chi connectivity index (χ0n) is 11.0. The quantitative estimate of drug-likeness (QED) is 0.679. The van der Waals surface area contributed by atoms with Crippen molar-refractivity contribution in [3.63, 3.8) is 0 Å². The molecule has 0 bridgehead atoms. The summed E-state index contributed by atoms with van der Waals surface area (Å²) in [5, 5.41) is 5.15. The van der Waals surface area contributed by atoms with Crippen molar-refractivity contribution in [1.82, 2.24) is 4.98 Å². The normalized spacial score (nSPS) is 11.3. The molecule has 0 aliphatic carbocycles. The van der Waals surface area contributed by atoms with Crippen molar-refractivity contribution in [2.75, 3.05) is 12.5 Å². The average Bonchev–Trinajstić information content (AvgIpc) is 2.46. The number of halogens is 2. The van der Waals surface area contributed by atoms with E-state index >= 15 is 0 Å². The van der Waals surface area contributed by atoms with Crippen molar-refractivity contribution >= 4 is 34.7 Å². The molecule has 0 aliphatic heterocycles. The van der Waals surface area contributed by atoms with Crippen LogP contribution in [0.3, 0.4) is 0 Å². The van der Waals surface area contributed by atoms with Crippen LogP contribution in [0.5, 0.6) is 5.75 Å². The van der Waals surface area contributed by atoms with Crippen LogP contribution in [0.4, 0.5) is 5.82 Å². The summed E-state index contributed by atoms with van der Waals surface area (Å²) in [6.07, 6.45) is 1.51. The molecule has 0 radical (unpaired) electrons. The number of hydrogen-bond acceptors (Lipinski definition) is 4. The molecule has 0 saturated carbocycles. The number of ether oxygens (including phenoxy) is 1. The monoisotopic (exact) mass is 309 g/mol. The maximum atomic E-state index is 6.00. The van der Waals surface area contributed by atoms with Crippen LogP contribution in [0.2, 0.25) is 10.0 Å². The number of methoxy groups -OCH3 is 1. The third-order valence-electron chi connectivity index (χ3n) is 2.65. The van der Waals surface area contributed by atoms with Gasteiger partial charge in [0.2, 0.25) is 0 Å². The maximum absolute atomic E-state index is 6.00. The fraction of sp³-hybridized carbons (Fsp3) is 0.143. The lowest BCUT2D eigenvalue weighted by Gasteiger charge is -2.05. The minimum atomic E-state index is 0.420. The second-order valence-corrected chi connectivity index (χ2v) is 4.87. The van der Waals surface area contributed by atoms with Gasteiger partial charge in [-0.1, -0.05) is 23.2 Å². The molecule has 0 saturated heterocycles. The summed E-state index contributed by atoms with van der Waals surface area (Å²) in [6, 6.07) is 9.22. The first kappa shape index (κ1) is 14.6. The minimum absolute atomic E-state index is 0.420. The second kappa shape index (κ2) is 6.59. The van der Waals surface area contributed by atoms with Crippen LogP contribution in [-0.2, 0) is 0 Å². The predicted octanol–water partition coefficient (Wildman–Crippen LogP) is 4.23. The Labute approximate surface area is 127 Å². The molecule has 0 fully saturated rings. The van der Waals surface area contributed by atoms with Gasteiger partial charge in [-0.2, -0.15) is 5.10 Å². The van der Waals surface area contributed by atoms with Crippen molar-refractivity contribution in [1.29, 1.82) is 0 Å². The Balaban J connectivity index is 2.13. The van der Waals surface area contributed by atoms with Gasteiger partial charge in [-0.3, -0.25) is 5.43 Å². The molecule has 0 aliphatic rings. The summed E-state index contributed by atoms with van der Waals surface area (Å²) < 4.78 is 5.11. The molecule has 2 rings (SSSR count). The summed E-state index contributed by atoms with van der Waals surface area (Å²) in [5.74, 6) is 1.26. The van der Waals surface area contributed by atoms with Gasteiger partial charge >= 0.3 is 0 Å². The van der Waals surface area contributed by atoms with Crippen molar-refractivity contribution in [3.8, 4) is 5.75 Å². The largest absolute Gasteiger partial charge is 0.497 e. The molecule has 2 aromatic rings. The van der Waals surface area contributed by atoms with Gasteiger partial charge in [-0.05, 0) is 42.8 Å².